The van der Waals surface area contributed by atoms with Crippen LogP contribution in [0.2, 0.25) is 0 Å². The number of hydrogen-bond donors (Lipinski definition) is 1. The molecule has 138 valence electrons. The zero-order chi connectivity index (χ0) is 18.2. The molecule has 0 spiro atoms. The van der Waals surface area contributed by atoms with Crippen LogP contribution in [0.15, 0.2) is 29.2 Å². The summed E-state index contributed by atoms with van der Waals surface area (Å²) in [7, 11) is -2.03. The SMILES string of the molecule is CC(C)N(C)S(=O)(=O)c1cccc(C(=O)N2CCC3CCC(C2)N3)c1. The van der Waals surface area contributed by atoms with E-state index in [1.54, 1.807) is 25.2 Å². The van der Waals surface area contributed by atoms with E-state index in [1.807, 2.05) is 18.7 Å². The Morgan fingerprint density at radius 1 is 1.24 bits per heavy atom. The van der Waals surface area contributed by atoms with Crippen LogP contribution in [0.3, 0.4) is 0 Å². The summed E-state index contributed by atoms with van der Waals surface area (Å²) in [6.45, 7) is 5.06. The summed E-state index contributed by atoms with van der Waals surface area (Å²) in [6.07, 6.45) is 3.24. The van der Waals surface area contributed by atoms with E-state index < -0.39 is 10.0 Å². The van der Waals surface area contributed by atoms with Gasteiger partial charge in [-0.2, -0.15) is 4.31 Å². The molecule has 3 rings (SSSR count). The highest BCUT2D eigenvalue weighted by Crippen LogP contribution is 2.23. The number of nitrogens with zero attached hydrogens (tertiary/aromatic N) is 2. The van der Waals surface area contributed by atoms with Crippen LogP contribution in [0.5, 0.6) is 0 Å². The van der Waals surface area contributed by atoms with Crippen LogP contribution in [0.4, 0.5) is 0 Å². The predicted molar refractivity (Wildman–Crippen MR) is 97.0 cm³/mol. The number of sulfonamides is 1. The molecule has 0 aromatic heterocycles. The van der Waals surface area contributed by atoms with Crippen molar-refractivity contribution in [3.05, 3.63) is 29.8 Å². The number of benzene rings is 1. The fourth-order valence-corrected chi connectivity index (χ4v) is 4.96. The molecule has 1 amide bonds. The highest BCUT2D eigenvalue weighted by molar-refractivity contribution is 7.89. The van der Waals surface area contributed by atoms with Crippen molar-refractivity contribution in [2.45, 2.75) is 56.1 Å². The van der Waals surface area contributed by atoms with Crippen molar-refractivity contribution in [2.24, 2.45) is 0 Å². The van der Waals surface area contributed by atoms with E-state index >= 15 is 0 Å². The lowest BCUT2D eigenvalue weighted by atomic mass is 10.1. The molecule has 2 bridgehead atoms. The highest BCUT2D eigenvalue weighted by atomic mass is 32.2. The second-order valence-electron chi connectivity index (χ2n) is 7.32. The van der Waals surface area contributed by atoms with Gasteiger partial charge in [0.05, 0.1) is 4.90 Å². The first-order valence-corrected chi connectivity index (χ1v) is 10.4. The molecule has 6 nitrogen and oxygen atoms in total. The van der Waals surface area contributed by atoms with Crippen LogP contribution in [-0.4, -0.2) is 61.8 Å². The second kappa shape index (κ2) is 7.05. The Kier molecular flexibility index (Phi) is 5.18. The molecule has 2 unspecified atom stereocenters. The Bertz CT molecular complexity index is 748. The Morgan fingerprint density at radius 2 is 1.96 bits per heavy atom. The van der Waals surface area contributed by atoms with Crippen LogP contribution in [-0.2, 0) is 10.0 Å². The number of carbonyl (C=O) groups excluding carboxylic acids is 1. The maximum atomic E-state index is 12.9. The van der Waals surface area contributed by atoms with Crippen LogP contribution < -0.4 is 5.32 Å². The molecule has 1 N–H and O–H groups in total. The largest absolute Gasteiger partial charge is 0.337 e. The van der Waals surface area contributed by atoms with Gasteiger partial charge in [-0.3, -0.25) is 4.79 Å². The minimum absolute atomic E-state index is 0.0846. The Labute approximate surface area is 150 Å². The van der Waals surface area contributed by atoms with Gasteiger partial charge in [0, 0.05) is 43.8 Å². The Morgan fingerprint density at radius 3 is 2.68 bits per heavy atom. The lowest BCUT2D eigenvalue weighted by Gasteiger charge is -2.25. The summed E-state index contributed by atoms with van der Waals surface area (Å²) in [5.74, 6) is -0.0846. The molecule has 2 aliphatic heterocycles. The van der Waals surface area contributed by atoms with Gasteiger partial charge in [0.1, 0.15) is 0 Å². The fraction of sp³-hybridized carbons (Fsp3) is 0.611. The normalized spacial score (nSPS) is 24.0. The summed E-state index contributed by atoms with van der Waals surface area (Å²) >= 11 is 0. The van der Waals surface area contributed by atoms with Crippen LogP contribution in [0.1, 0.15) is 43.5 Å². The molecule has 1 aromatic rings. The highest BCUT2D eigenvalue weighted by Gasteiger charge is 2.32. The van der Waals surface area contributed by atoms with Crippen molar-refractivity contribution in [1.82, 2.24) is 14.5 Å². The van der Waals surface area contributed by atoms with E-state index in [4.69, 9.17) is 0 Å². The molecule has 0 saturated carbocycles. The second-order valence-corrected chi connectivity index (χ2v) is 9.32. The first-order valence-electron chi connectivity index (χ1n) is 8.92. The number of likely N-dealkylation sites (tertiary alicyclic amines) is 1. The fourth-order valence-electron chi connectivity index (χ4n) is 3.54. The van der Waals surface area contributed by atoms with E-state index in [-0.39, 0.29) is 16.8 Å². The summed E-state index contributed by atoms with van der Waals surface area (Å²) in [5, 5.41) is 3.56. The average Bonchev–Trinajstić information content (AvgIpc) is 2.92. The van der Waals surface area contributed by atoms with Crippen molar-refractivity contribution in [2.75, 3.05) is 20.1 Å². The van der Waals surface area contributed by atoms with E-state index in [9.17, 15) is 13.2 Å². The molecule has 2 atom stereocenters. The van der Waals surface area contributed by atoms with E-state index in [1.165, 1.54) is 16.8 Å². The minimum Gasteiger partial charge on any atom is -0.337 e. The Hall–Kier alpha value is -1.44. The molecule has 2 saturated heterocycles. The van der Waals surface area contributed by atoms with Crippen LogP contribution in [0, 0.1) is 0 Å². The van der Waals surface area contributed by atoms with Gasteiger partial charge in [-0.25, -0.2) is 8.42 Å². The van der Waals surface area contributed by atoms with Crippen molar-refractivity contribution in [3.63, 3.8) is 0 Å². The standard InChI is InChI=1S/C18H27N3O3S/c1-13(2)20(3)25(23,24)17-6-4-5-14(11-17)18(22)21-10-9-15-7-8-16(12-21)19-15/h4-6,11,13,15-16,19H,7-10,12H2,1-3H3. The molecule has 25 heavy (non-hydrogen) atoms. The van der Waals surface area contributed by atoms with Crippen molar-refractivity contribution in [3.8, 4) is 0 Å². The zero-order valence-corrected chi connectivity index (χ0v) is 15.9. The molecular weight excluding hydrogens is 338 g/mol. The average molecular weight is 365 g/mol. The third kappa shape index (κ3) is 3.73. The molecule has 1 aromatic carbocycles. The number of rotatable bonds is 4. The lowest BCUT2D eigenvalue weighted by molar-refractivity contribution is 0.0748. The van der Waals surface area contributed by atoms with Crippen molar-refractivity contribution >= 4 is 15.9 Å². The molecular formula is C18H27N3O3S. The Balaban J connectivity index is 1.82. The lowest BCUT2D eigenvalue weighted by Crippen LogP contribution is -2.39. The molecule has 2 heterocycles. The monoisotopic (exact) mass is 365 g/mol. The van der Waals surface area contributed by atoms with Crippen molar-refractivity contribution in [1.29, 1.82) is 0 Å². The number of nitrogens with one attached hydrogen (secondary N) is 1. The molecule has 2 fully saturated rings. The molecule has 0 aliphatic carbocycles. The summed E-state index contributed by atoms with van der Waals surface area (Å²) < 4.78 is 26.7. The maximum absolute atomic E-state index is 12.9. The third-order valence-corrected chi connectivity index (χ3v) is 7.33. The number of fused-ring (bicyclic) bond motifs is 2. The number of hydrogen-bond acceptors (Lipinski definition) is 4. The summed E-state index contributed by atoms with van der Waals surface area (Å²) in [6, 6.07) is 7.13. The number of amides is 1. The number of carbonyl (C=O) groups is 1. The van der Waals surface area contributed by atoms with E-state index in [2.05, 4.69) is 5.32 Å². The van der Waals surface area contributed by atoms with Gasteiger partial charge in [-0.1, -0.05) is 6.07 Å². The molecule has 2 aliphatic rings. The van der Waals surface area contributed by atoms with E-state index in [0.29, 0.717) is 24.2 Å². The van der Waals surface area contributed by atoms with Crippen LogP contribution >= 0.6 is 0 Å². The molecule has 7 heteroatoms. The van der Waals surface area contributed by atoms with Crippen molar-refractivity contribution < 1.29 is 13.2 Å². The quantitative estimate of drug-likeness (QED) is 0.881. The topological polar surface area (TPSA) is 69.7 Å². The van der Waals surface area contributed by atoms with Gasteiger partial charge in [-0.15, -0.1) is 0 Å². The van der Waals surface area contributed by atoms with Crippen LogP contribution in [0.25, 0.3) is 0 Å². The van der Waals surface area contributed by atoms with Gasteiger partial charge >= 0.3 is 0 Å². The summed E-state index contributed by atoms with van der Waals surface area (Å²) in [5.41, 5.74) is 0.441. The van der Waals surface area contributed by atoms with Gasteiger partial charge in [0.25, 0.3) is 5.91 Å². The van der Waals surface area contributed by atoms with E-state index in [0.717, 1.165) is 19.4 Å². The first kappa shape index (κ1) is 18.4. The molecule has 0 radical (unpaired) electrons. The van der Waals surface area contributed by atoms with Gasteiger partial charge < -0.3 is 10.2 Å². The maximum Gasteiger partial charge on any atom is 0.253 e. The zero-order valence-electron chi connectivity index (χ0n) is 15.1. The summed E-state index contributed by atoms with van der Waals surface area (Å²) in [4.78, 5) is 14.9. The van der Waals surface area contributed by atoms with Gasteiger partial charge in [0.15, 0.2) is 0 Å². The van der Waals surface area contributed by atoms with Gasteiger partial charge in [-0.05, 0) is 51.3 Å². The first-order chi connectivity index (χ1) is 11.8. The third-order valence-electron chi connectivity index (χ3n) is 5.30. The minimum atomic E-state index is -3.59. The smallest absolute Gasteiger partial charge is 0.253 e. The predicted octanol–water partition coefficient (Wildman–Crippen LogP) is 1.68. The van der Waals surface area contributed by atoms with Gasteiger partial charge in [0.2, 0.25) is 10.0 Å².